The summed E-state index contributed by atoms with van der Waals surface area (Å²) >= 11 is 5.88. The van der Waals surface area contributed by atoms with Gasteiger partial charge in [-0.1, -0.05) is 11.6 Å². The quantitative estimate of drug-likeness (QED) is 0.603. The summed E-state index contributed by atoms with van der Waals surface area (Å²) in [6, 6.07) is 3.46. The molecule has 0 unspecified atom stereocenters. The zero-order chi connectivity index (χ0) is 9.84. The van der Waals surface area contributed by atoms with Gasteiger partial charge >= 0.3 is 0 Å². The number of hydrogen-bond acceptors (Lipinski definition) is 3. The van der Waals surface area contributed by atoms with Crippen LogP contribution >= 0.6 is 11.6 Å². The molecule has 0 radical (unpaired) electrons. The molecule has 0 aliphatic carbocycles. The topological polar surface area (TPSA) is 44.5 Å². The van der Waals surface area contributed by atoms with Crippen LogP contribution < -0.4 is 10.5 Å². The molecule has 0 saturated carbocycles. The van der Waals surface area contributed by atoms with Crippen LogP contribution in [0.15, 0.2) is 12.1 Å². The number of ether oxygens (including phenoxy) is 2. The summed E-state index contributed by atoms with van der Waals surface area (Å²) < 4.78 is 9.97. The molecule has 72 valence electrons. The second kappa shape index (κ2) is 4.35. The summed E-state index contributed by atoms with van der Waals surface area (Å²) in [6.45, 7) is 2.08. The Labute approximate surface area is 82.4 Å². The number of nitrogens with two attached hydrogens (primary N) is 1. The number of halogens is 1. The molecule has 2 N–H and O–H groups in total. The van der Waals surface area contributed by atoms with Crippen molar-refractivity contribution in [2.45, 2.75) is 6.92 Å². The Kier molecular flexibility index (Phi) is 3.39. The molecule has 0 aliphatic rings. The van der Waals surface area contributed by atoms with Gasteiger partial charge in [0.25, 0.3) is 0 Å². The van der Waals surface area contributed by atoms with Crippen molar-refractivity contribution in [3.63, 3.8) is 0 Å². The first-order valence-corrected chi connectivity index (χ1v) is 4.20. The maximum absolute atomic E-state index is 5.88. The Morgan fingerprint density at radius 2 is 2.15 bits per heavy atom. The van der Waals surface area contributed by atoms with Crippen molar-refractivity contribution in [1.82, 2.24) is 0 Å². The summed E-state index contributed by atoms with van der Waals surface area (Å²) in [5, 5.41) is 0.500. The van der Waals surface area contributed by atoms with Crippen LogP contribution in [0.5, 0.6) is 5.75 Å². The molecule has 0 bridgehead atoms. The molecular weight excluding hydrogens is 190 g/mol. The predicted molar refractivity (Wildman–Crippen MR) is 53.1 cm³/mol. The Morgan fingerprint density at radius 1 is 1.46 bits per heavy atom. The largest absolute Gasteiger partial charge is 0.466 e. The minimum absolute atomic E-state index is 0.184. The highest BCUT2D eigenvalue weighted by atomic mass is 35.5. The number of hydrogen-bond donors (Lipinski definition) is 1. The minimum atomic E-state index is 0.184. The highest BCUT2D eigenvalue weighted by Gasteiger charge is 2.04. The van der Waals surface area contributed by atoms with Crippen molar-refractivity contribution in [2.24, 2.45) is 0 Å². The smallest absolute Gasteiger partial charge is 0.188 e. The fourth-order valence-electron chi connectivity index (χ4n) is 0.903. The van der Waals surface area contributed by atoms with Gasteiger partial charge in [0.2, 0.25) is 0 Å². The van der Waals surface area contributed by atoms with Crippen molar-refractivity contribution in [3.05, 3.63) is 22.7 Å². The Morgan fingerprint density at radius 3 is 2.77 bits per heavy atom. The van der Waals surface area contributed by atoms with Crippen LogP contribution in [0.4, 0.5) is 5.69 Å². The Hall–Kier alpha value is -0.930. The van der Waals surface area contributed by atoms with Crippen molar-refractivity contribution >= 4 is 17.3 Å². The fourth-order valence-corrected chi connectivity index (χ4v) is 1.13. The minimum Gasteiger partial charge on any atom is -0.466 e. The molecule has 4 heteroatoms. The molecule has 0 spiro atoms. The van der Waals surface area contributed by atoms with E-state index in [-0.39, 0.29) is 6.79 Å². The van der Waals surface area contributed by atoms with Crippen molar-refractivity contribution in [3.8, 4) is 5.75 Å². The van der Waals surface area contributed by atoms with Crippen LogP contribution in [0.25, 0.3) is 0 Å². The van der Waals surface area contributed by atoms with Gasteiger partial charge < -0.3 is 15.2 Å². The van der Waals surface area contributed by atoms with E-state index in [2.05, 4.69) is 0 Å². The van der Waals surface area contributed by atoms with Crippen LogP contribution in [0.3, 0.4) is 0 Å². The van der Waals surface area contributed by atoms with E-state index in [9.17, 15) is 0 Å². The first-order valence-electron chi connectivity index (χ1n) is 3.82. The monoisotopic (exact) mass is 201 g/mol. The van der Waals surface area contributed by atoms with Gasteiger partial charge in [-0.3, -0.25) is 0 Å². The standard InChI is InChI=1S/C9H12ClNO2/c1-6-3-9(13-5-12-2)7(10)4-8(6)11/h3-4H,5,11H2,1-2H3. The van der Waals surface area contributed by atoms with Crippen molar-refractivity contribution < 1.29 is 9.47 Å². The van der Waals surface area contributed by atoms with E-state index in [4.69, 9.17) is 26.8 Å². The second-order valence-corrected chi connectivity index (χ2v) is 3.10. The van der Waals surface area contributed by atoms with Gasteiger partial charge in [0, 0.05) is 12.8 Å². The molecule has 0 amide bonds. The van der Waals surface area contributed by atoms with Gasteiger partial charge in [0.15, 0.2) is 6.79 Å². The first kappa shape index (κ1) is 10.2. The zero-order valence-electron chi connectivity index (χ0n) is 7.63. The lowest BCUT2D eigenvalue weighted by molar-refractivity contribution is 0.0512. The van der Waals surface area contributed by atoms with E-state index in [0.29, 0.717) is 16.5 Å². The number of nitrogen functional groups attached to an aromatic ring is 1. The first-order chi connectivity index (χ1) is 6.15. The molecule has 0 atom stereocenters. The third-order valence-corrected chi connectivity index (χ3v) is 1.95. The highest BCUT2D eigenvalue weighted by Crippen LogP contribution is 2.29. The van der Waals surface area contributed by atoms with Crippen LogP contribution in [0, 0.1) is 6.92 Å². The molecule has 0 fully saturated rings. The van der Waals surface area contributed by atoms with Crippen molar-refractivity contribution in [1.29, 1.82) is 0 Å². The second-order valence-electron chi connectivity index (χ2n) is 2.69. The molecule has 1 rings (SSSR count). The summed E-state index contributed by atoms with van der Waals surface area (Å²) in [6.07, 6.45) is 0. The predicted octanol–water partition coefficient (Wildman–Crippen LogP) is 2.21. The third kappa shape index (κ3) is 2.50. The van der Waals surface area contributed by atoms with E-state index in [0.717, 1.165) is 5.56 Å². The van der Waals surface area contributed by atoms with Crippen molar-refractivity contribution in [2.75, 3.05) is 19.6 Å². The van der Waals surface area contributed by atoms with Crippen LogP contribution in [0.2, 0.25) is 5.02 Å². The van der Waals surface area contributed by atoms with Crippen LogP contribution in [-0.4, -0.2) is 13.9 Å². The average Bonchev–Trinajstić information content (AvgIpc) is 2.09. The Balaban J connectivity index is 2.88. The summed E-state index contributed by atoms with van der Waals surface area (Å²) in [7, 11) is 1.55. The van der Waals surface area contributed by atoms with E-state index in [1.165, 1.54) is 0 Å². The molecule has 3 nitrogen and oxygen atoms in total. The third-order valence-electron chi connectivity index (χ3n) is 1.65. The molecule has 0 aliphatic heterocycles. The van der Waals surface area contributed by atoms with E-state index in [1.807, 2.05) is 6.92 Å². The zero-order valence-corrected chi connectivity index (χ0v) is 8.39. The number of anilines is 1. The molecule has 1 aromatic carbocycles. The van der Waals surface area contributed by atoms with E-state index in [1.54, 1.807) is 19.2 Å². The van der Waals surface area contributed by atoms with Gasteiger partial charge in [-0.15, -0.1) is 0 Å². The number of aryl methyl sites for hydroxylation is 1. The molecular formula is C9H12ClNO2. The van der Waals surface area contributed by atoms with Gasteiger partial charge in [0.05, 0.1) is 5.02 Å². The Bertz CT molecular complexity index is 302. The normalized spacial score (nSPS) is 10.1. The van der Waals surface area contributed by atoms with Gasteiger partial charge in [-0.2, -0.15) is 0 Å². The van der Waals surface area contributed by atoms with Gasteiger partial charge in [-0.25, -0.2) is 0 Å². The SMILES string of the molecule is COCOc1cc(C)c(N)cc1Cl. The average molecular weight is 202 g/mol. The van der Waals surface area contributed by atoms with E-state index >= 15 is 0 Å². The molecule has 1 aromatic rings. The fraction of sp³-hybridized carbons (Fsp3) is 0.333. The van der Waals surface area contributed by atoms with Crippen LogP contribution in [0.1, 0.15) is 5.56 Å². The number of benzene rings is 1. The lowest BCUT2D eigenvalue weighted by atomic mass is 10.2. The lowest BCUT2D eigenvalue weighted by Gasteiger charge is -2.08. The molecule has 0 saturated heterocycles. The van der Waals surface area contributed by atoms with Gasteiger partial charge in [0.1, 0.15) is 5.75 Å². The number of rotatable bonds is 3. The van der Waals surface area contributed by atoms with Crippen LogP contribution in [-0.2, 0) is 4.74 Å². The van der Waals surface area contributed by atoms with E-state index < -0.39 is 0 Å². The maximum atomic E-state index is 5.88. The summed E-state index contributed by atoms with van der Waals surface area (Å²) in [5.41, 5.74) is 7.25. The molecule has 0 heterocycles. The lowest BCUT2D eigenvalue weighted by Crippen LogP contribution is -2.00. The summed E-state index contributed by atoms with van der Waals surface area (Å²) in [5.74, 6) is 0.593. The molecule has 13 heavy (non-hydrogen) atoms. The highest BCUT2D eigenvalue weighted by molar-refractivity contribution is 6.32. The van der Waals surface area contributed by atoms with Gasteiger partial charge in [-0.05, 0) is 24.6 Å². The number of methoxy groups -OCH3 is 1. The maximum Gasteiger partial charge on any atom is 0.188 e. The summed E-state index contributed by atoms with van der Waals surface area (Å²) in [4.78, 5) is 0. The molecule has 0 aromatic heterocycles.